The molecule has 0 aliphatic carbocycles. The van der Waals surface area contributed by atoms with Crippen molar-refractivity contribution in [2.45, 2.75) is 24.8 Å². The van der Waals surface area contributed by atoms with Gasteiger partial charge in [0.2, 0.25) is 0 Å². The molecule has 0 fully saturated rings. The Hall–Kier alpha value is -2.00. The topological polar surface area (TPSA) is 102 Å². The van der Waals surface area contributed by atoms with Crippen LogP contribution in [-0.2, 0) is 22.8 Å². The van der Waals surface area contributed by atoms with E-state index in [1.807, 2.05) is 12.3 Å². The zero-order valence-electron chi connectivity index (χ0n) is 12.1. The van der Waals surface area contributed by atoms with Crippen molar-refractivity contribution in [1.29, 1.82) is 0 Å². The number of anilines is 1. The number of rotatable bonds is 6. The Morgan fingerprint density at radius 3 is 2.68 bits per heavy atom. The van der Waals surface area contributed by atoms with Crippen LogP contribution in [0.25, 0.3) is 0 Å². The lowest BCUT2D eigenvalue weighted by Crippen LogP contribution is -2.07. The first-order chi connectivity index (χ1) is 10.3. The third-order valence-electron chi connectivity index (χ3n) is 2.94. The molecule has 7 nitrogen and oxygen atoms in total. The van der Waals surface area contributed by atoms with Crippen molar-refractivity contribution in [2.75, 3.05) is 11.6 Å². The van der Waals surface area contributed by atoms with Gasteiger partial charge in [-0.1, -0.05) is 6.92 Å². The largest absolute Gasteiger partial charge is 0.378 e. The molecule has 1 N–H and O–H groups in total. The number of nitro groups is 1. The van der Waals surface area contributed by atoms with E-state index < -0.39 is 14.8 Å². The quantitative estimate of drug-likeness (QED) is 0.640. The molecule has 0 saturated heterocycles. The van der Waals surface area contributed by atoms with Gasteiger partial charge in [0, 0.05) is 23.8 Å². The van der Waals surface area contributed by atoms with Gasteiger partial charge in [0.15, 0.2) is 9.84 Å². The normalized spacial score (nSPS) is 11.4. The van der Waals surface area contributed by atoms with Gasteiger partial charge in [-0.05, 0) is 12.5 Å². The predicted molar refractivity (Wildman–Crippen MR) is 85.0 cm³/mol. The highest BCUT2D eigenvalue weighted by molar-refractivity contribution is 7.90. The van der Waals surface area contributed by atoms with E-state index in [2.05, 4.69) is 10.3 Å². The number of nitro benzene ring substituents is 1. The van der Waals surface area contributed by atoms with Crippen LogP contribution >= 0.6 is 11.3 Å². The Morgan fingerprint density at radius 1 is 1.41 bits per heavy atom. The van der Waals surface area contributed by atoms with Gasteiger partial charge in [0.25, 0.3) is 5.69 Å². The summed E-state index contributed by atoms with van der Waals surface area (Å²) in [4.78, 5) is 14.5. The maximum atomic E-state index is 11.8. The minimum absolute atomic E-state index is 0.0901. The van der Waals surface area contributed by atoms with Crippen molar-refractivity contribution < 1.29 is 13.3 Å². The Balaban J connectivity index is 2.28. The molecule has 0 radical (unpaired) electrons. The molecule has 22 heavy (non-hydrogen) atoms. The van der Waals surface area contributed by atoms with E-state index in [1.54, 1.807) is 11.3 Å². The van der Waals surface area contributed by atoms with E-state index in [0.29, 0.717) is 12.2 Å². The number of non-ortho nitro benzene ring substituents is 1. The lowest BCUT2D eigenvalue weighted by atomic mass is 10.2. The second-order valence-corrected chi connectivity index (χ2v) is 7.58. The monoisotopic (exact) mass is 341 g/mol. The van der Waals surface area contributed by atoms with Crippen molar-refractivity contribution in [2.24, 2.45) is 0 Å². The van der Waals surface area contributed by atoms with Crippen LogP contribution in [0.2, 0.25) is 0 Å². The van der Waals surface area contributed by atoms with Gasteiger partial charge in [-0.3, -0.25) is 10.1 Å². The molecule has 1 aromatic carbocycles. The zero-order chi connectivity index (χ0) is 16.3. The van der Waals surface area contributed by atoms with Crippen LogP contribution in [0.15, 0.2) is 28.5 Å². The van der Waals surface area contributed by atoms with Crippen LogP contribution in [0, 0.1) is 10.1 Å². The lowest BCUT2D eigenvalue weighted by Gasteiger charge is -2.09. The maximum Gasteiger partial charge on any atom is 0.270 e. The molecule has 0 unspecified atom stereocenters. The molecule has 0 amide bonds. The molecule has 1 heterocycles. The second kappa shape index (κ2) is 6.41. The first-order valence-electron chi connectivity index (χ1n) is 6.47. The zero-order valence-corrected chi connectivity index (χ0v) is 13.7. The highest BCUT2D eigenvalue weighted by Crippen LogP contribution is 2.27. The summed E-state index contributed by atoms with van der Waals surface area (Å²) in [5.74, 6) is 0. The van der Waals surface area contributed by atoms with Crippen molar-refractivity contribution in [3.63, 3.8) is 0 Å². The molecule has 0 aliphatic heterocycles. The molecule has 1 aromatic heterocycles. The molecular formula is C13H15N3O4S2. The van der Waals surface area contributed by atoms with Crippen molar-refractivity contribution in [3.05, 3.63) is 44.4 Å². The number of hydrogen-bond acceptors (Lipinski definition) is 7. The number of sulfone groups is 1. The highest BCUT2D eigenvalue weighted by atomic mass is 32.2. The summed E-state index contributed by atoms with van der Waals surface area (Å²) in [6.07, 6.45) is 1.87. The lowest BCUT2D eigenvalue weighted by molar-refractivity contribution is -0.385. The van der Waals surface area contributed by atoms with Gasteiger partial charge in [-0.25, -0.2) is 13.4 Å². The molecule has 9 heteroatoms. The van der Waals surface area contributed by atoms with Gasteiger partial charge >= 0.3 is 0 Å². The van der Waals surface area contributed by atoms with E-state index in [1.165, 1.54) is 12.1 Å². The third kappa shape index (κ3) is 3.80. The number of aryl methyl sites for hydroxylation is 1. The van der Waals surface area contributed by atoms with Gasteiger partial charge in [-0.15, -0.1) is 11.3 Å². The van der Waals surface area contributed by atoms with Crippen molar-refractivity contribution >= 4 is 32.5 Å². The highest BCUT2D eigenvalue weighted by Gasteiger charge is 2.18. The van der Waals surface area contributed by atoms with Gasteiger partial charge < -0.3 is 5.32 Å². The summed E-state index contributed by atoms with van der Waals surface area (Å²) in [5, 5.41) is 16.7. The van der Waals surface area contributed by atoms with Crippen LogP contribution in [0.4, 0.5) is 11.4 Å². The molecule has 2 rings (SSSR count). The molecular weight excluding hydrogens is 326 g/mol. The summed E-state index contributed by atoms with van der Waals surface area (Å²) < 4.78 is 23.6. The van der Waals surface area contributed by atoms with Crippen LogP contribution in [-0.4, -0.2) is 24.6 Å². The van der Waals surface area contributed by atoms with Gasteiger partial charge in [0.1, 0.15) is 0 Å². The number of benzene rings is 1. The number of hydrogen-bond donors (Lipinski definition) is 1. The fourth-order valence-electron chi connectivity index (χ4n) is 1.86. The van der Waals surface area contributed by atoms with Crippen LogP contribution in [0.5, 0.6) is 0 Å². The fraction of sp³-hybridized carbons (Fsp3) is 0.308. The summed E-state index contributed by atoms with van der Waals surface area (Å²) in [6.45, 7) is 2.37. The van der Waals surface area contributed by atoms with E-state index in [9.17, 15) is 18.5 Å². The third-order valence-corrected chi connectivity index (χ3v) is 5.12. The van der Waals surface area contributed by atoms with E-state index in [-0.39, 0.29) is 10.6 Å². The van der Waals surface area contributed by atoms with E-state index >= 15 is 0 Å². The summed E-state index contributed by atoms with van der Waals surface area (Å²) in [5.41, 5.74) is 0.881. The van der Waals surface area contributed by atoms with E-state index in [4.69, 9.17) is 0 Å². The van der Waals surface area contributed by atoms with Crippen LogP contribution < -0.4 is 5.32 Å². The molecule has 0 spiro atoms. The van der Waals surface area contributed by atoms with Crippen LogP contribution in [0.1, 0.15) is 17.6 Å². The minimum Gasteiger partial charge on any atom is -0.378 e. The second-order valence-electron chi connectivity index (χ2n) is 4.65. The average Bonchev–Trinajstić information content (AvgIpc) is 2.91. The number of nitrogens with zero attached hydrogens (tertiary/aromatic N) is 2. The summed E-state index contributed by atoms with van der Waals surface area (Å²) in [7, 11) is -3.58. The number of aromatic nitrogens is 1. The average molecular weight is 341 g/mol. The Labute approximate surface area is 132 Å². The molecule has 2 aromatic rings. The SMILES string of the molecule is CCc1nc(CNc2ccc([N+](=O)[O-])cc2S(C)(=O)=O)cs1. The van der Waals surface area contributed by atoms with Crippen molar-refractivity contribution in [3.8, 4) is 0 Å². The Kier molecular flexibility index (Phi) is 4.77. The first kappa shape index (κ1) is 16.4. The first-order valence-corrected chi connectivity index (χ1v) is 9.24. The van der Waals surface area contributed by atoms with E-state index in [0.717, 1.165) is 29.4 Å². The number of thiazole rings is 1. The molecule has 0 bridgehead atoms. The van der Waals surface area contributed by atoms with Crippen LogP contribution in [0.3, 0.4) is 0 Å². The number of nitrogens with one attached hydrogen (secondary N) is 1. The van der Waals surface area contributed by atoms with Gasteiger partial charge in [0.05, 0.1) is 32.8 Å². The summed E-state index contributed by atoms with van der Waals surface area (Å²) >= 11 is 1.54. The standard InChI is InChI=1S/C13H15N3O4S2/c1-3-13-15-9(8-21-13)7-14-11-5-4-10(16(17)18)6-12(11)22(2,19)20/h4-6,8,14H,3,7H2,1-2H3. The Morgan fingerprint density at radius 2 is 2.14 bits per heavy atom. The molecule has 0 aliphatic rings. The minimum atomic E-state index is -3.58. The Bertz CT molecular complexity index is 799. The molecule has 0 saturated carbocycles. The van der Waals surface area contributed by atoms with Gasteiger partial charge in [-0.2, -0.15) is 0 Å². The van der Waals surface area contributed by atoms with Crippen molar-refractivity contribution in [1.82, 2.24) is 4.98 Å². The molecule has 118 valence electrons. The molecule has 0 atom stereocenters. The summed E-state index contributed by atoms with van der Waals surface area (Å²) in [6, 6.07) is 3.74. The fourth-order valence-corrected chi connectivity index (χ4v) is 3.47. The maximum absolute atomic E-state index is 11.8. The smallest absolute Gasteiger partial charge is 0.270 e. The predicted octanol–water partition coefficient (Wildman–Crippen LogP) is 2.63.